The van der Waals surface area contributed by atoms with Crippen LogP contribution >= 0.6 is 0 Å². The first-order valence-electron chi connectivity index (χ1n) is 6.10. The zero-order valence-electron chi connectivity index (χ0n) is 11.0. The number of aryl methyl sites for hydroxylation is 2. The third-order valence-corrected chi connectivity index (χ3v) is 2.98. The Kier molecular flexibility index (Phi) is 2.71. The highest BCUT2D eigenvalue weighted by Crippen LogP contribution is 2.20. The Hall–Kier alpha value is -2.76. The van der Waals surface area contributed by atoms with Crippen LogP contribution in [0.15, 0.2) is 30.3 Å². The van der Waals surface area contributed by atoms with Gasteiger partial charge in [-0.1, -0.05) is 12.1 Å². The summed E-state index contributed by atoms with van der Waals surface area (Å²) in [7, 11) is 0. The summed E-state index contributed by atoms with van der Waals surface area (Å²) in [4.78, 5) is 19.3. The molecule has 0 fully saturated rings. The summed E-state index contributed by atoms with van der Waals surface area (Å²) in [6, 6.07) is 9.20. The van der Waals surface area contributed by atoms with Gasteiger partial charge in [-0.15, -0.1) is 0 Å². The number of rotatable bonds is 2. The lowest BCUT2D eigenvalue weighted by Crippen LogP contribution is -2.10. The number of nitrogens with zero attached hydrogens (tertiary/aromatic N) is 4. The topological polar surface area (TPSA) is 80.9 Å². The van der Waals surface area contributed by atoms with Crippen LogP contribution in [-0.2, 0) is 0 Å². The SMILES string of the molecule is Cc1cc(C)n(-c2nc(C(=O)O)nc3ccccc23)n1. The van der Waals surface area contributed by atoms with Crippen molar-refractivity contribution in [2.45, 2.75) is 13.8 Å². The number of aromatic carboxylic acids is 1. The van der Waals surface area contributed by atoms with Gasteiger partial charge in [-0.2, -0.15) is 5.10 Å². The second kappa shape index (κ2) is 4.41. The maximum absolute atomic E-state index is 11.2. The Morgan fingerprint density at radius 3 is 2.60 bits per heavy atom. The molecule has 1 aromatic carbocycles. The normalized spacial score (nSPS) is 10.9. The van der Waals surface area contributed by atoms with Crippen molar-refractivity contribution >= 4 is 16.9 Å². The number of para-hydroxylation sites is 1. The molecule has 2 heterocycles. The quantitative estimate of drug-likeness (QED) is 0.770. The molecule has 0 aliphatic carbocycles. The lowest BCUT2D eigenvalue weighted by atomic mass is 10.2. The smallest absolute Gasteiger partial charge is 0.374 e. The average molecular weight is 268 g/mol. The van der Waals surface area contributed by atoms with Gasteiger partial charge in [0.15, 0.2) is 5.82 Å². The standard InChI is InChI=1S/C14H12N4O2/c1-8-7-9(2)18(17-8)13-10-5-3-4-6-11(10)15-12(16-13)14(19)20/h3-7H,1-2H3,(H,19,20). The zero-order valence-corrected chi connectivity index (χ0v) is 11.0. The van der Waals surface area contributed by atoms with Gasteiger partial charge < -0.3 is 5.11 Å². The van der Waals surface area contributed by atoms with Crippen molar-refractivity contribution < 1.29 is 9.90 Å². The Balaban J connectivity index is 2.38. The first-order chi connectivity index (χ1) is 9.56. The molecule has 3 rings (SSSR count). The molecule has 0 spiro atoms. The van der Waals surface area contributed by atoms with Gasteiger partial charge in [-0.3, -0.25) is 0 Å². The zero-order chi connectivity index (χ0) is 14.3. The molecule has 6 nitrogen and oxygen atoms in total. The molecular formula is C14H12N4O2. The van der Waals surface area contributed by atoms with E-state index in [1.807, 2.05) is 38.1 Å². The van der Waals surface area contributed by atoms with Crippen molar-refractivity contribution in [1.29, 1.82) is 0 Å². The van der Waals surface area contributed by atoms with Crippen LogP contribution in [0, 0.1) is 13.8 Å². The fraction of sp³-hybridized carbons (Fsp3) is 0.143. The number of hydrogen-bond acceptors (Lipinski definition) is 4. The maximum atomic E-state index is 11.2. The van der Waals surface area contributed by atoms with Gasteiger partial charge in [0.2, 0.25) is 5.82 Å². The van der Waals surface area contributed by atoms with E-state index in [-0.39, 0.29) is 5.82 Å². The highest BCUT2D eigenvalue weighted by Gasteiger charge is 2.15. The largest absolute Gasteiger partial charge is 0.475 e. The van der Waals surface area contributed by atoms with Gasteiger partial charge in [0, 0.05) is 11.1 Å². The second-order valence-electron chi connectivity index (χ2n) is 4.53. The van der Waals surface area contributed by atoms with Crippen molar-refractivity contribution in [2.75, 3.05) is 0 Å². The summed E-state index contributed by atoms with van der Waals surface area (Å²) in [5.74, 6) is -0.900. The van der Waals surface area contributed by atoms with Crippen molar-refractivity contribution in [3.8, 4) is 5.82 Å². The molecule has 1 N–H and O–H groups in total. The van der Waals surface area contributed by atoms with Gasteiger partial charge in [0.25, 0.3) is 0 Å². The lowest BCUT2D eigenvalue weighted by Gasteiger charge is -2.08. The van der Waals surface area contributed by atoms with Gasteiger partial charge in [-0.05, 0) is 32.0 Å². The third-order valence-electron chi connectivity index (χ3n) is 2.98. The molecule has 0 saturated carbocycles. The number of carbonyl (C=O) groups is 1. The van der Waals surface area contributed by atoms with E-state index < -0.39 is 5.97 Å². The Labute approximate surface area is 114 Å². The van der Waals surface area contributed by atoms with Crippen LogP contribution in [-0.4, -0.2) is 30.8 Å². The van der Waals surface area contributed by atoms with E-state index >= 15 is 0 Å². The number of carboxylic acid groups (broad SMARTS) is 1. The molecule has 2 aromatic heterocycles. The van der Waals surface area contributed by atoms with Gasteiger partial charge in [-0.25, -0.2) is 19.4 Å². The predicted molar refractivity (Wildman–Crippen MR) is 73.1 cm³/mol. The number of hydrogen-bond donors (Lipinski definition) is 1. The Morgan fingerprint density at radius 1 is 1.20 bits per heavy atom. The van der Waals surface area contributed by atoms with Crippen LogP contribution < -0.4 is 0 Å². The van der Waals surface area contributed by atoms with E-state index in [0.29, 0.717) is 11.3 Å². The molecule has 0 amide bonds. The first kappa shape index (κ1) is 12.3. The van der Waals surface area contributed by atoms with Crippen molar-refractivity contribution in [1.82, 2.24) is 19.7 Å². The second-order valence-corrected chi connectivity index (χ2v) is 4.53. The van der Waals surface area contributed by atoms with Crippen molar-refractivity contribution in [2.24, 2.45) is 0 Å². The summed E-state index contributed by atoms with van der Waals surface area (Å²) in [6.07, 6.45) is 0. The van der Waals surface area contributed by atoms with Gasteiger partial charge in [0.1, 0.15) is 0 Å². The van der Waals surface area contributed by atoms with Crippen LogP contribution in [0.5, 0.6) is 0 Å². The molecule has 0 atom stereocenters. The third kappa shape index (κ3) is 1.91. The van der Waals surface area contributed by atoms with Crippen LogP contribution in [0.4, 0.5) is 0 Å². The molecule has 0 unspecified atom stereocenters. The molecule has 0 saturated heterocycles. The molecule has 0 aliphatic rings. The van der Waals surface area contributed by atoms with E-state index in [4.69, 9.17) is 5.11 Å². The van der Waals surface area contributed by atoms with E-state index in [9.17, 15) is 4.79 Å². The fourth-order valence-corrected chi connectivity index (χ4v) is 2.16. The van der Waals surface area contributed by atoms with E-state index in [2.05, 4.69) is 15.1 Å². The van der Waals surface area contributed by atoms with Crippen LogP contribution in [0.3, 0.4) is 0 Å². The van der Waals surface area contributed by atoms with Gasteiger partial charge >= 0.3 is 5.97 Å². The predicted octanol–water partition coefficient (Wildman–Crippen LogP) is 2.13. The molecule has 100 valence electrons. The minimum absolute atomic E-state index is 0.230. The summed E-state index contributed by atoms with van der Waals surface area (Å²) >= 11 is 0. The molecule has 3 aromatic rings. The lowest BCUT2D eigenvalue weighted by molar-refractivity contribution is 0.0684. The van der Waals surface area contributed by atoms with Crippen molar-refractivity contribution in [3.05, 3.63) is 47.5 Å². The summed E-state index contributed by atoms with van der Waals surface area (Å²) in [5.41, 5.74) is 2.33. The number of fused-ring (bicyclic) bond motifs is 1. The highest BCUT2D eigenvalue weighted by molar-refractivity contribution is 5.91. The number of carboxylic acids is 1. The first-order valence-corrected chi connectivity index (χ1v) is 6.10. The Morgan fingerprint density at radius 2 is 1.95 bits per heavy atom. The number of aromatic nitrogens is 4. The van der Waals surface area contributed by atoms with Crippen LogP contribution in [0.25, 0.3) is 16.7 Å². The van der Waals surface area contributed by atoms with E-state index in [1.54, 1.807) is 10.7 Å². The highest BCUT2D eigenvalue weighted by atomic mass is 16.4. The summed E-state index contributed by atoms with van der Waals surface area (Å²) in [6.45, 7) is 3.78. The molecule has 6 heteroatoms. The van der Waals surface area contributed by atoms with Crippen molar-refractivity contribution in [3.63, 3.8) is 0 Å². The number of benzene rings is 1. The Bertz CT molecular complexity index is 823. The maximum Gasteiger partial charge on any atom is 0.374 e. The van der Waals surface area contributed by atoms with Crippen LogP contribution in [0.2, 0.25) is 0 Å². The average Bonchev–Trinajstić information content (AvgIpc) is 2.76. The fourth-order valence-electron chi connectivity index (χ4n) is 2.16. The van der Waals surface area contributed by atoms with E-state index in [1.165, 1.54) is 0 Å². The van der Waals surface area contributed by atoms with Gasteiger partial charge in [0.05, 0.1) is 11.2 Å². The minimum atomic E-state index is -1.15. The minimum Gasteiger partial charge on any atom is -0.475 e. The monoisotopic (exact) mass is 268 g/mol. The molecule has 0 radical (unpaired) electrons. The summed E-state index contributed by atoms with van der Waals surface area (Å²) < 4.78 is 1.64. The molecular weight excluding hydrogens is 256 g/mol. The van der Waals surface area contributed by atoms with Crippen LogP contribution in [0.1, 0.15) is 22.0 Å². The molecule has 0 aliphatic heterocycles. The molecule has 0 bridgehead atoms. The van der Waals surface area contributed by atoms with E-state index in [0.717, 1.165) is 16.8 Å². The molecule has 20 heavy (non-hydrogen) atoms. The summed E-state index contributed by atoms with van der Waals surface area (Å²) in [5, 5.41) is 14.3.